The molecule has 0 unspecified atom stereocenters. The van der Waals surface area contributed by atoms with Crippen LogP contribution in [0.25, 0.3) is 0 Å². The summed E-state index contributed by atoms with van der Waals surface area (Å²) >= 11 is 0. The van der Waals surface area contributed by atoms with Crippen LogP contribution in [-0.4, -0.2) is 5.11 Å². The van der Waals surface area contributed by atoms with Crippen LogP contribution in [-0.2, 0) is 0 Å². The molecule has 0 amide bonds. The Morgan fingerprint density at radius 2 is 2.06 bits per heavy atom. The van der Waals surface area contributed by atoms with Gasteiger partial charge in [0.15, 0.2) is 0 Å². The number of aromatic hydroxyl groups is 1. The summed E-state index contributed by atoms with van der Waals surface area (Å²) in [4.78, 5) is 0. The highest BCUT2D eigenvalue weighted by Crippen LogP contribution is 2.51. The minimum atomic E-state index is -0.322. The number of benzene rings is 1. The summed E-state index contributed by atoms with van der Waals surface area (Å²) in [6, 6.07) is 3.06. The highest BCUT2D eigenvalue weighted by molar-refractivity contribution is 5.40. The monoisotopic (exact) mass is 222 g/mol. The highest BCUT2D eigenvalue weighted by atomic mass is 19.1. The van der Waals surface area contributed by atoms with E-state index in [0.29, 0.717) is 11.5 Å². The molecule has 1 N–H and O–H groups in total. The number of hydrogen-bond donors (Lipinski definition) is 1. The van der Waals surface area contributed by atoms with Crippen molar-refractivity contribution in [3.05, 3.63) is 29.1 Å². The molecule has 1 aliphatic carbocycles. The lowest BCUT2D eigenvalue weighted by Crippen LogP contribution is -2.15. The first-order chi connectivity index (χ1) is 7.42. The third-order valence-electron chi connectivity index (χ3n) is 3.94. The zero-order valence-electron chi connectivity index (χ0n) is 10.2. The van der Waals surface area contributed by atoms with Crippen LogP contribution in [0.2, 0.25) is 0 Å². The zero-order valence-corrected chi connectivity index (χ0v) is 10.2. The molecule has 1 saturated carbocycles. The number of halogens is 1. The molecule has 1 aromatic rings. The lowest BCUT2D eigenvalue weighted by atomic mass is 9.77. The molecule has 1 aliphatic rings. The predicted molar refractivity (Wildman–Crippen MR) is 63.2 cm³/mol. The number of phenolic OH excluding ortho intramolecular Hbond substituents is 1. The van der Waals surface area contributed by atoms with Crippen molar-refractivity contribution in [2.75, 3.05) is 0 Å². The number of phenols is 1. The van der Waals surface area contributed by atoms with Gasteiger partial charge in [0.2, 0.25) is 0 Å². The van der Waals surface area contributed by atoms with E-state index in [0.717, 1.165) is 12.0 Å². The van der Waals surface area contributed by atoms with Gasteiger partial charge >= 0.3 is 0 Å². The van der Waals surface area contributed by atoms with Gasteiger partial charge in [-0.15, -0.1) is 0 Å². The quantitative estimate of drug-likeness (QED) is 0.757. The van der Waals surface area contributed by atoms with Gasteiger partial charge in [0.25, 0.3) is 0 Å². The van der Waals surface area contributed by atoms with Gasteiger partial charge in [0.1, 0.15) is 11.6 Å². The van der Waals surface area contributed by atoms with Crippen molar-refractivity contribution < 1.29 is 9.50 Å². The molecule has 0 radical (unpaired) electrons. The molecule has 0 aliphatic heterocycles. The molecule has 88 valence electrons. The lowest BCUT2D eigenvalue weighted by Gasteiger charge is -2.28. The molecule has 1 nitrogen and oxygen atoms in total. The predicted octanol–water partition coefficient (Wildman–Crippen LogP) is 4.13. The van der Waals surface area contributed by atoms with Crippen molar-refractivity contribution in [3.63, 3.8) is 0 Å². The average molecular weight is 222 g/mol. The molecule has 0 spiro atoms. The molecule has 16 heavy (non-hydrogen) atoms. The number of hydrogen-bond acceptors (Lipinski definition) is 1. The fraction of sp³-hybridized carbons (Fsp3) is 0.571. The summed E-state index contributed by atoms with van der Waals surface area (Å²) in [6.45, 7) is 6.20. The average Bonchev–Trinajstić information content (AvgIpc) is 2.52. The topological polar surface area (TPSA) is 20.2 Å². The third-order valence-corrected chi connectivity index (χ3v) is 3.94. The van der Waals surface area contributed by atoms with E-state index in [1.54, 1.807) is 6.92 Å². The Morgan fingerprint density at radius 3 is 2.62 bits per heavy atom. The molecule has 2 rings (SSSR count). The molecule has 1 atom stereocenters. The van der Waals surface area contributed by atoms with Gasteiger partial charge in [0.05, 0.1) is 0 Å². The van der Waals surface area contributed by atoms with E-state index in [1.807, 2.05) is 6.07 Å². The molecule has 1 fully saturated rings. The summed E-state index contributed by atoms with van der Waals surface area (Å²) < 4.78 is 13.3. The maximum atomic E-state index is 13.3. The summed E-state index contributed by atoms with van der Waals surface area (Å²) in [5.74, 6) is 0.145. The van der Waals surface area contributed by atoms with E-state index in [2.05, 4.69) is 13.8 Å². The van der Waals surface area contributed by atoms with E-state index >= 15 is 0 Å². The van der Waals surface area contributed by atoms with Crippen LogP contribution in [0.1, 0.15) is 50.2 Å². The van der Waals surface area contributed by atoms with Gasteiger partial charge in [0, 0.05) is 6.07 Å². The van der Waals surface area contributed by atoms with Crippen molar-refractivity contribution in [2.24, 2.45) is 5.41 Å². The Labute approximate surface area is 96.3 Å². The first kappa shape index (κ1) is 11.4. The largest absolute Gasteiger partial charge is 0.508 e. The van der Waals surface area contributed by atoms with Crippen molar-refractivity contribution in [1.29, 1.82) is 0 Å². The van der Waals surface area contributed by atoms with E-state index in [-0.39, 0.29) is 17.0 Å². The van der Waals surface area contributed by atoms with Crippen molar-refractivity contribution in [1.82, 2.24) is 0 Å². The van der Waals surface area contributed by atoms with Gasteiger partial charge < -0.3 is 5.11 Å². The second-order valence-corrected chi connectivity index (χ2v) is 5.59. The molecule has 0 heterocycles. The smallest absolute Gasteiger partial charge is 0.129 e. The van der Waals surface area contributed by atoms with Crippen molar-refractivity contribution in [3.8, 4) is 5.75 Å². The first-order valence-corrected chi connectivity index (χ1v) is 5.91. The van der Waals surface area contributed by atoms with E-state index < -0.39 is 0 Å². The van der Waals surface area contributed by atoms with Crippen molar-refractivity contribution >= 4 is 0 Å². The van der Waals surface area contributed by atoms with Gasteiger partial charge in [-0.1, -0.05) is 20.3 Å². The Balaban J connectivity index is 2.44. The molecule has 0 aromatic heterocycles. The Bertz CT molecular complexity index is 409. The van der Waals surface area contributed by atoms with E-state index in [1.165, 1.54) is 18.9 Å². The first-order valence-electron chi connectivity index (χ1n) is 5.91. The van der Waals surface area contributed by atoms with Gasteiger partial charge in [-0.25, -0.2) is 4.39 Å². The lowest BCUT2D eigenvalue weighted by molar-refractivity contribution is 0.323. The summed E-state index contributed by atoms with van der Waals surface area (Å²) in [5.41, 5.74) is 1.75. The molecule has 1 aromatic carbocycles. The van der Waals surface area contributed by atoms with Crippen LogP contribution in [0.5, 0.6) is 5.75 Å². The third kappa shape index (κ3) is 1.81. The SMILES string of the molecule is Cc1cc([C@@H]2CCCC2(C)C)c(O)cc1F. The maximum absolute atomic E-state index is 13.3. The summed E-state index contributed by atoms with van der Waals surface area (Å²) in [7, 11) is 0. The van der Waals surface area contributed by atoms with Crippen molar-refractivity contribution in [2.45, 2.75) is 46.0 Å². The fourth-order valence-electron chi connectivity index (χ4n) is 2.88. The fourth-order valence-corrected chi connectivity index (χ4v) is 2.88. The Kier molecular flexibility index (Phi) is 2.69. The number of rotatable bonds is 1. The Hall–Kier alpha value is -1.05. The number of aryl methyl sites for hydroxylation is 1. The van der Waals surface area contributed by atoms with Crippen LogP contribution in [0, 0.1) is 18.2 Å². The minimum Gasteiger partial charge on any atom is -0.508 e. The van der Waals surface area contributed by atoms with Crippen LogP contribution >= 0.6 is 0 Å². The second-order valence-electron chi connectivity index (χ2n) is 5.59. The molecule has 2 heteroatoms. The van der Waals surface area contributed by atoms with Crippen LogP contribution in [0.4, 0.5) is 4.39 Å². The zero-order chi connectivity index (χ0) is 11.9. The molecule has 0 bridgehead atoms. The Morgan fingerprint density at radius 1 is 1.38 bits per heavy atom. The maximum Gasteiger partial charge on any atom is 0.129 e. The van der Waals surface area contributed by atoms with Gasteiger partial charge in [-0.3, -0.25) is 0 Å². The molecular formula is C14H19FO. The van der Waals surface area contributed by atoms with E-state index in [9.17, 15) is 9.50 Å². The highest BCUT2D eigenvalue weighted by Gasteiger charge is 2.36. The van der Waals surface area contributed by atoms with Crippen LogP contribution in [0.3, 0.4) is 0 Å². The van der Waals surface area contributed by atoms with Gasteiger partial charge in [-0.2, -0.15) is 0 Å². The molecule has 0 saturated heterocycles. The van der Waals surface area contributed by atoms with E-state index in [4.69, 9.17) is 0 Å². The van der Waals surface area contributed by atoms with Crippen LogP contribution < -0.4 is 0 Å². The normalized spacial score (nSPS) is 23.6. The summed E-state index contributed by atoms with van der Waals surface area (Å²) in [6.07, 6.45) is 3.45. The minimum absolute atomic E-state index is 0.114. The second kappa shape index (κ2) is 3.76. The molecular weight excluding hydrogens is 203 g/mol. The van der Waals surface area contributed by atoms with Gasteiger partial charge in [-0.05, 0) is 48.3 Å². The summed E-state index contributed by atoms with van der Waals surface area (Å²) in [5, 5.41) is 9.87. The van der Waals surface area contributed by atoms with Crippen LogP contribution in [0.15, 0.2) is 12.1 Å². The standard InChI is InChI=1S/C14H19FO/c1-9-7-10(13(16)8-12(9)15)11-5-4-6-14(11,2)3/h7-8,11,16H,4-6H2,1-3H3/t11-/m0/s1.